The highest BCUT2D eigenvalue weighted by atomic mass is 16.3. The van der Waals surface area contributed by atoms with Crippen LogP contribution in [0.5, 0.6) is 0 Å². The van der Waals surface area contributed by atoms with Crippen LogP contribution >= 0.6 is 0 Å². The first-order chi connectivity index (χ1) is 70.0. The summed E-state index contributed by atoms with van der Waals surface area (Å²) in [5, 5.41) is 4.68. The van der Waals surface area contributed by atoms with Crippen molar-refractivity contribution in [3.8, 4) is 122 Å². The average Bonchev–Trinajstić information content (AvgIpc) is 1.50. The number of unbranched alkanes of at least 4 members (excludes halogenated alkanes) is 16. The molecule has 144 heavy (non-hydrogen) atoms. The lowest BCUT2D eigenvalue weighted by Crippen LogP contribution is -2.25. The minimum atomic E-state index is -0.439. The van der Waals surface area contributed by atoms with Gasteiger partial charge in [0.05, 0.1) is 0 Å². The van der Waals surface area contributed by atoms with Crippen LogP contribution in [-0.2, 0) is 37.9 Å². The molecule has 2 aromatic heterocycles. The van der Waals surface area contributed by atoms with Crippen LogP contribution < -0.4 is 4.90 Å². The number of para-hydroxylation sites is 3. The summed E-state index contributed by atoms with van der Waals surface area (Å²) in [6.45, 7) is 34.2. The Labute approximate surface area is 855 Å². The molecule has 0 saturated heterocycles. The fraction of sp³-hybridized carbons (Fsp3) is 0.319. The van der Waals surface area contributed by atoms with Crippen LogP contribution in [0.25, 0.3) is 166 Å². The first-order valence-electron chi connectivity index (χ1n) is 55.4. The number of hydrogen-bond donors (Lipinski definition) is 0. The van der Waals surface area contributed by atoms with E-state index in [0.717, 1.165) is 50.2 Å². The molecule has 0 spiro atoms. The third kappa shape index (κ3) is 14.0. The van der Waals surface area contributed by atoms with E-state index in [1.165, 1.54) is 343 Å². The molecule has 25 rings (SSSR count). The molecule has 18 aromatic rings. The maximum atomic E-state index is 7.40. The summed E-state index contributed by atoms with van der Waals surface area (Å²) >= 11 is 0. The van der Waals surface area contributed by atoms with Gasteiger partial charge in [-0.25, -0.2) is 0 Å². The molecule has 0 fully saturated rings. The van der Waals surface area contributed by atoms with Crippen LogP contribution in [0.4, 0.5) is 17.1 Å². The van der Waals surface area contributed by atoms with Gasteiger partial charge in [0.1, 0.15) is 22.3 Å². The Morgan fingerprint density at radius 3 is 0.938 bits per heavy atom. The number of fused-ring (bicyclic) bond motifs is 31. The van der Waals surface area contributed by atoms with Crippen LogP contribution in [0.1, 0.15) is 329 Å². The van der Waals surface area contributed by atoms with Gasteiger partial charge >= 0.3 is 0 Å². The second-order valence-corrected chi connectivity index (χ2v) is 46.9. The number of nitrogens with zero attached hydrogens (tertiary/aromatic N) is 1. The summed E-state index contributed by atoms with van der Waals surface area (Å²) in [6.07, 6.45) is 30.8. The molecule has 0 bridgehead atoms. The third-order valence-electron chi connectivity index (χ3n) is 36.8. The molecule has 0 amide bonds. The topological polar surface area (TPSA) is 29.5 Å². The van der Waals surface area contributed by atoms with E-state index in [4.69, 9.17) is 8.83 Å². The Morgan fingerprint density at radius 1 is 0.201 bits per heavy atom. The molecular weight excluding hydrogens is 1740 g/mol. The smallest absolute Gasteiger partial charge is 0.144 e. The molecule has 16 aromatic carbocycles. The van der Waals surface area contributed by atoms with Crippen LogP contribution in [0.15, 0.2) is 306 Å². The SMILES string of the molecule is CCCCCCCC1(CCCCCCC)c2ccccc2-c2ccc(-c3ccc4c(c3)C(C)(C)c3cc(-c5ccc6c(c5)C(C)(C)c5c7c(c8c(oc9ccccc98)c5-6)-c5ccc(N(c6ccccc6)c6ccc8c(c6)C(C)(C)c6cc(-c9ccc%10c(c9)C(C)(C)c9cc(-c%11ccc%12c(c%11)C(CCCCCCC)(CCCCCCC)c%11ccccc%11-%12)ccc9-%10)c9c(oc%10ccccc%109)c6-8)cc5C7(C)C)ccc3-4)cc21. The van der Waals surface area contributed by atoms with E-state index >= 15 is 0 Å². The van der Waals surface area contributed by atoms with Crippen molar-refractivity contribution in [2.45, 2.75) is 289 Å². The van der Waals surface area contributed by atoms with Gasteiger partial charge in [-0.2, -0.15) is 0 Å². The Morgan fingerprint density at radius 2 is 0.500 bits per heavy atom. The Balaban J connectivity index is 0.534. The quantitative estimate of drug-likeness (QED) is 0.0406. The largest absolute Gasteiger partial charge is 0.455 e. The van der Waals surface area contributed by atoms with Gasteiger partial charge in [0, 0.05) is 87.6 Å². The second kappa shape index (κ2) is 35.1. The van der Waals surface area contributed by atoms with Gasteiger partial charge < -0.3 is 13.7 Å². The summed E-state index contributed by atoms with van der Waals surface area (Å²) in [5.41, 5.74) is 54.0. The second-order valence-electron chi connectivity index (χ2n) is 46.9. The zero-order valence-electron chi connectivity index (χ0n) is 87.5. The molecule has 2 heterocycles. The van der Waals surface area contributed by atoms with Crippen molar-refractivity contribution in [3.63, 3.8) is 0 Å². The lowest BCUT2D eigenvalue weighted by Gasteiger charge is -2.33. The van der Waals surface area contributed by atoms with Crippen molar-refractivity contribution in [2.24, 2.45) is 0 Å². The summed E-state index contributed by atoms with van der Waals surface area (Å²) in [7, 11) is 0. The summed E-state index contributed by atoms with van der Waals surface area (Å²) in [4.78, 5) is 2.52. The van der Waals surface area contributed by atoms with Crippen LogP contribution in [0, 0.1) is 0 Å². The standard InChI is InChI=1S/C141H139NO2/c1-15-19-23-27-42-74-140(75-43-28-24-20-16-2)112-52-38-34-48-98(112)104-68-59-92(82-121(104)140)89-57-66-101-100-65-56-88(78-114(100)135(5,6)115(101)79-89)91-61-71-108-118(81-91)138(11,12)132-130(108)134-129(110-51-37-41-55-125(110)144-134)128-107-73-64-97(86-120(107)139(13,14)131(128)132)142(95-46-32-31-33-47-95)96-63-72-106-119(85-96)137(9,10)123-87-111(126-109-50-36-40-54-124(109)143-133(126)127(106)123)94-62-70-103-102-67-58-90(80-116(102)136(7,8)117(103)84-94)93-60-69-105-99-49-35-39-53-113(99)141(122(105)83-93,76-44-29-25-21-17-3)77-45-30-26-22-18-4/h31-41,46-73,78-87H,15-30,42-45,74-77H2,1-14H3. The molecule has 0 radical (unpaired) electrons. The van der Waals surface area contributed by atoms with Gasteiger partial charge in [-0.15, -0.1) is 0 Å². The van der Waals surface area contributed by atoms with Crippen LogP contribution in [-0.4, -0.2) is 0 Å². The minimum Gasteiger partial charge on any atom is -0.455 e. The van der Waals surface area contributed by atoms with E-state index in [2.05, 4.69) is 399 Å². The Hall–Kier alpha value is -13.1. The van der Waals surface area contributed by atoms with Crippen molar-refractivity contribution in [3.05, 3.63) is 375 Å². The fourth-order valence-corrected chi connectivity index (χ4v) is 29.2. The highest BCUT2D eigenvalue weighted by Gasteiger charge is 2.52. The third-order valence-corrected chi connectivity index (χ3v) is 36.8. The molecular formula is C141H139NO2. The number of rotatable bonds is 31. The summed E-state index contributed by atoms with van der Waals surface area (Å²) in [6, 6.07) is 117. The van der Waals surface area contributed by atoms with Crippen molar-refractivity contribution >= 4 is 60.9 Å². The van der Waals surface area contributed by atoms with E-state index < -0.39 is 16.2 Å². The number of anilines is 3. The lowest BCUT2D eigenvalue weighted by molar-refractivity contribution is 0.399. The van der Waals surface area contributed by atoms with Gasteiger partial charge in [0.15, 0.2) is 0 Å². The number of benzene rings is 16. The molecule has 7 aliphatic carbocycles. The minimum absolute atomic E-state index is 0.0203. The highest BCUT2D eigenvalue weighted by molar-refractivity contribution is 6.22. The van der Waals surface area contributed by atoms with E-state index in [1.807, 2.05) is 0 Å². The van der Waals surface area contributed by atoms with E-state index in [0.29, 0.717) is 0 Å². The van der Waals surface area contributed by atoms with Crippen molar-refractivity contribution in [1.29, 1.82) is 0 Å². The van der Waals surface area contributed by atoms with Crippen LogP contribution in [0.3, 0.4) is 0 Å². The molecule has 0 unspecified atom stereocenters. The maximum Gasteiger partial charge on any atom is 0.144 e. The predicted molar refractivity (Wildman–Crippen MR) is 611 cm³/mol. The van der Waals surface area contributed by atoms with E-state index in [-0.39, 0.29) is 21.7 Å². The predicted octanol–water partition coefficient (Wildman–Crippen LogP) is 41.1. The van der Waals surface area contributed by atoms with Crippen molar-refractivity contribution < 1.29 is 8.83 Å². The first kappa shape index (κ1) is 92.1. The summed E-state index contributed by atoms with van der Waals surface area (Å²) < 4.78 is 14.8. The Kier molecular flexibility index (Phi) is 22.5. The Bertz CT molecular complexity index is 8210. The zero-order chi connectivity index (χ0) is 98.2. The average molecular weight is 1880 g/mol. The molecule has 0 atom stereocenters. The summed E-state index contributed by atoms with van der Waals surface area (Å²) in [5.74, 6) is 0. The fourth-order valence-electron chi connectivity index (χ4n) is 29.2. The monoisotopic (exact) mass is 1880 g/mol. The van der Waals surface area contributed by atoms with Gasteiger partial charge in [-0.05, 0) is 312 Å². The number of furan rings is 2. The lowest BCUT2D eigenvalue weighted by atomic mass is 9.70. The highest BCUT2D eigenvalue weighted by Crippen LogP contribution is 2.67. The molecule has 3 heteroatoms. The van der Waals surface area contributed by atoms with E-state index in [1.54, 1.807) is 22.3 Å². The molecule has 720 valence electrons. The molecule has 7 aliphatic rings. The van der Waals surface area contributed by atoms with Gasteiger partial charge in [0.2, 0.25) is 0 Å². The van der Waals surface area contributed by atoms with Crippen molar-refractivity contribution in [2.75, 3.05) is 4.90 Å². The molecule has 3 nitrogen and oxygen atoms in total. The van der Waals surface area contributed by atoms with Gasteiger partial charge in [-0.1, -0.05) is 426 Å². The molecule has 0 N–H and O–H groups in total. The first-order valence-corrected chi connectivity index (χ1v) is 55.4. The van der Waals surface area contributed by atoms with E-state index in [9.17, 15) is 0 Å². The number of hydrogen-bond acceptors (Lipinski definition) is 3. The van der Waals surface area contributed by atoms with Crippen LogP contribution in [0.2, 0.25) is 0 Å². The van der Waals surface area contributed by atoms with Crippen molar-refractivity contribution in [1.82, 2.24) is 0 Å². The molecule has 0 aliphatic heterocycles. The molecule has 0 saturated carbocycles. The zero-order valence-corrected chi connectivity index (χ0v) is 87.5. The van der Waals surface area contributed by atoms with Gasteiger partial charge in [0.25, 0.3) is 0 Å². The van der Waals surface area contributed by atoms with Gasteiger partial charge in [-0.3, -0.25) is 0 Å². The maximum absolute atomic E-state index is 7.40. The normalized spacial score (nSPS) is 15.8.